The first-order chi connectivity index (χ1) is 10.2. The van der Waals surface area contributed by atoms with Crippen molar-refractivity contribution in [1.82, 2.24) is 0 Å². The quantitative estimate of drug-likeness (QED) is 0.634. The Kier molecular flexibility index (Phi) is 5.51. The molecule has 110 valence electrons. The number of anilines is 2. The van der Waals surface area contributed by atoms with E-state index in [1.807, 2.05) is 24.3 Å². The summed E-state index contributed by atoms with van der Waals surface area (Å²) in [5.41, 5.74) is 7.07. The van der Waals surface area contributed by atoms with Crippen molar-refractivity contribution in [2.75, 3.05) is 23.4 Å². The summed E-state index contributed by atoms with van der Waals surface area (Å²) in [6, 6.07) is 14.7. The van der Waals surface area contributed by atoms with E-state index in [1.165, 1.54) is 0 Å². The molecule has 0 spiro atoms. The lowest BCUT2D eigenvalue weighted by atomic mass is 10.3. The fourth-order valence-electron chi connectivity index (χ4n) is 1.75. The van der Waals surface area contributed by atoms with Gasteiger partial charge in [-0.25, -0.2) is 0 Å². The van der Waals surface area contributed by atoms with Crippen LogP contribution in [0.3, 0.4) is 0 Å². The van der Waals surface area contributed by atoms with Crippen LogP contribution >= 0.6 is 11.8 Å². The summed E-state index contributed by atoms with van der Waals surface area (Å²) in [6.07, 6.45) is 0. The molecule has 2 aromatic carbocycles. The van der Waals surface area contributed by atoms with Gasteiger partial charge < -0.3 is 15.8 Å². The molecule has 5 heteroatoms. The maximum absolute atomic E-state index is 11.9. The largest absolute Gasteiger partial charge is 0.484 e. The van der Waals surface area contributed by atoms with E-state index in [2.05, 4.69) is 12.2 Å². The monoisotopic (exact) mass is 302 g/mol. The van der Waals surface area contributed by atoms with Crippen molar-refractivity contribution >= 4 is 29.0 Å². The van der Waals surface area contributed by atoms with Crippen molar-refractivity contribution in [1.29, 1.82) is 0 Å². The van der Waals surface area contributed by atoms with E-state index < -0.39 is 0 Å². The SMILES string of the molecule is CCSc1ccccc1NC(=O)COc1ccc(N)cc1. The molecule has 0 aliphatic heterocycles. The van der Waals surface area contributed by atoms with Crippen LogP contribution in [0.1, 0.15) is 6.92 Å². The molecule has 4 nitrogen and oxygen atoms in total. The molecule has 0 unspecified atom stereocenters. The lowest BCUT2D eigenvalue weighted by molar-refractivity contribution is -0.118. The number of carbonyl (C=O) groups excluding carboxylic acids is 1. The molecule has 0 atom stereocenters. The first kappa shape index (κ1) is 15.3. The van der Waals surface area contributed by atoms with Crippen LogP contribution < -0.4 is 15.8 Å². The van der Waals surface area contributed by atoms with Crippen LogP contribution in [0.4, 0.5) is 11.4 Å². The molecule has 3 N–H and O–H groups in total. The molecule has 2 rings (SSSR count). The second kappa shape index (κ2) is 7.59. The van der Waals surface area contributed by atoms with E-state index in [4.69, 9.17) is 10.5 Å². The van der Waals surface area contributed by atoms with Crippen LogP contribution in [0.15, 0.2) is 53.4 Å². The molecular weight excluding hydrogens is 284 g/mol. The van der Waals surface area contributed by atoms with Crippen LogP contribution in [-0.2, 0) is 4.79 Å². The smallest absolute Gasteiger partial charge is 0.262 e. The first-order valence-electron chi connectivity index (χ1n) is 6.69. The van der Waals surface area contributed by atoms with Gasteiger partial charge in [0.05, 0.1) is 5.69 Å². The number of para-hydroxylation sites is 1. The Hall–Kier alpha value is -2.14. The van der Waals surface area contributed by atoms with Crippen molar-refractivity contribution in [2.24, 2.45) is 0 Å². The van der Waals surface area contributed by atoms with Crippen molar-refractivity contribution in [2.45, 2.75) is 11.8 Å². The van der Waals surface area contributed by atoms with E-state index in [9.17, 15) is 4.79 Å². The number of nitrogen functional groups attached to an aromatic ring is 1. The Bertz CT molecular complexity index is 599. The van der Waals surface area contributed by atoms with Gasteiger partial charge in [-0.15, -0.1) is 11.8 Å². The third-order valence-corrected chi connectivity index (χ3v) is 3.67. The van der Waals surface area contributed by atoms with E-state index in [0.29, 0.717) is 11.4 Å². The minimum Gasteiger partial charge on any atom is -0.484 e. The van der Waals surface area contributed by atoms with Gasteiger partial charge in [-0.2, -0.15) is 0 Å². The van der Waals surface area contributed by atoms with E-state index in [1.54, 1.807) is 36.0 Å². The van der Waals surface area contributed by atoms with Crippen molar-refractivity contribution in [3.05, 3.63) is 48.5 Å². The Morgan fingerprint density at radius 1 is 1.19 bits per heavy atom. The average molecular weight is 302 g/mol. The molecule has 0 aromatic heterocycles. The Balaban J connectivity index is 1.91. The predicted molar refractivity (Wildman–Crippen MR) is 87.8 cm³/mol. The number of hydrogen-bond acceptors (Lipinski definition) is 4. The molecule has 0 bridgehead atoms. The number of rotatable bonds is 6. The third-order valence-electron chi connectivity index (χ3n) is 2.71. The van der Waals surface area contributed by atoms with Crippen molar-refractivity contribution in [3.63, 3.8) is 0 Å². The van der Waals surface area contributed by atoms with Gasteiger partial charge in [-0.05, 0) is 42.2 Å². The highest BCUT2D eigenvalue weighted by atomic mass is 32.2. The van der Waals surface area contributed by atoms with Gasteiger partial charge in [0.15, 0.2) is 6.61 Å². The molecule has 1 amide bonds. The maximum Gasteiger partial charge on any atom is 0.262 e. The normalized spacial score (nSPS) is 10.1. The number of benzene rings is 2. The van der Waals surface area contributed by atoms with Gasteiger partial charge in [0, 0.05) is 10.6 Å². The van der Waals surface area contributed by atoms with Gasteiger partial charge in [-0.1, -0.05) is 19.1 Å². The van der Waals surface area contributed by atoms with Crippen LogP contribution in [-0.4, -0.2) is 18.3 Å². The minimum atomic E-state index is -0.184. The predicted octanol–water partition coefficient (Wildman–Crippen LogP) is 3.40. The standard InChI is InChI=1S/C16H18N2O2S/c1-2-21-15-6-4-3-5-14(15)18-16(19)11-20-13-9-7-12(17)8-10-13/h3-10H,2,11,17H2,1H3,(H,18,19). The number of nitrogens with two attached hydrogens (primary N) is 1. The summed E-state index contributed by atoms with van der Waals surface area (Å²) in [5.74, 6) is 1.39. The molecule has 0 radical (unpaired) electrons. The summed E-state index contributed by atoms with van der Waals surface area (Å²) < 4.78 is 5.42. The van der Waals surface area contributed by atoms with Gasteiger partial charge in [0.25, 0.3) is 5.91 Å². The molecule has 0 aliphatic carbocycles. The fraction of sp³-hybridized carbons (Fsp3) is 0.188. The molecule has 21 heavy (non-hydrogen) atoms. The molecule has 2 aromatic rings. The van der Waals surface area contributed by atoms with Crippen molar-refractivity contribution < 1.29 is 9.53 Å². The van der Waals surface area contributed by atoms with Gasteiger partial charge >= 0.3 is 0 Å². The zero-order valence-electron chi connectivity index (χ0n) is 11.8. The van der Waals surface area contributed by atoms with Gasteiger partial charge in [-0.3, -0.25) is 4.79 Å². The summed E-state index contributed by atoms with van der Waals surface area (Å²) in [5, 5.41) is 2.87. The molecule has 0 heterocycles. The number of amides is 1. The number of hydrogen-bond donors (Lipinski definition) is 2. The van der Waals surface area contributed by atoms with E-state index in [-0.39, 0.29) is 12.5 Å². The summed E-state index contributed by atoms with van der Waals surface area (Å²) in [4.78, 5) is 13.0. The molecule has 0 aliphatic rings. The topological polar surface area (TPSA) is 64.3 Å². The number of carbonyl (C=O) groups is 1. The lowest BCUT2D eigenvalue weighted by Crippen LogP contribution is -2.20. The van der Waals surface area contributed by atoms with Crippen LogP contribution in [0.5, 0.6) is 5.75 Å². The Labute approximate surface area is 128 Å². The summed E-state index contributed by atoms with van der Waals surface area (Å²) in [7, 11) is 0. The average Bonchev–Trinajstić information content (AvgIpc) is 2.49. The molecule has 0 saturated heterocycles. The first-order valence-corrected chi connectivity index (χ1v) is 7.67. The second-order valence-electron chi connectivity index (χ2n) is 4.34. The Morgan fingerprint density at radius 2 is 1.90 bits per heavy atom. The summed E-state index contributed by atoms with van der Waals surface area (Å²) >= 11 is 1.69. The van der Waals surface area contributed by atoms with Gasteiger partial charge in [0.2, 0.25) is 0 Å². The van der Waals surface area contributed by atoms with E-state index >= 15 is 0 Å². The zero-order chi connectivity index (χ0) is 15.1. The molecule has 0 saturated carbocycles. The second-order valence-corrected chi connectivity index (χ2v) is 5.64. The minimum absolute atomic E-state index is 0.0327. The van der Waals surface area contributed by atoms with Crippen molar-refractivity contribution in [3.8, 4) is 5.75 Å². The zero-order valence-corrected chi connectivity index (χ0v) is 12.7. The Morgan fingerprint density at radius 3 is 2.62 bits per heavy atom. The number of thioether (sulfide) groups is 1. The summed E-state index contributed by atoms with van der Waals surface area (Å²) in [6.45, 7) is 2.04. The van der Waals surface area contributed by atoms with Crippen LogP contribution in [0.25, 0.3) is 0 Å². The van der Waals surface area contributed by atoms with E-state index in [0.717, 1.165) is 16.3 Å². The lowest BCUT2D eigenvalue weighted by Gasteiger charge is -2.11. The van der Waals surface area contributed by atoms with Crippen LogP contribution in [0.2, 0.25) is 0 Å². The fourth-order valence-corrected chi connectivity index (χ4v) is 2.51. The molecular formula is C16H18N2O2S. The number of nitrogens with one attached hydrogen (secondary N) is 1. The number of ether oxygens (including phenoxy) is 1. The van der Waals surface area contributed by atoms with Crippen LogP contribution in [0, 0.1) is 0 Å². The third kappa shape index (κ3) is 4.72. The maximum atomic E-state index is 11.9. The highest BCUT2D eigenvalue weighted by Gasteiger charge is 2.07. The highest BCUT2D eigenvalue weighted by molar-refractivity contribution is 7.99. The van der Waals surface area contributed by atoms with Gasteiger partial charge in [0.1, 0.15) is 5.75 Å². The highest BCUT2D eigenvalue weighted by Crippen LogP contribution is 2.26. The molecule has 0 fully saturated rings.